The Morgan fingerprint density at radius 2 is 2.00 bits per heavy atom. The average Bonchev–Trinajstić information content (AvgIpc) is 3.21. The summed E-state index contributed by atoms with van der Waals surface area (Å²) >= 11 is 0. The van der Waals surface area contributed by atoms with E-state index in [1.54, 1.807) is 17.2 Å². The number of allylic oxidation sites excluding steroid dienone is 1. The molecule has 1 aromatic rings. The number of carbonyl (C=O) groups excluding carboxylic acids is 3. The van der Waals surface area contributed by atoms with Crippen LogP contribution in [-0.4, -0.2) is 47.8 Å². The molecule has 0 saturated carbocycles. The van der Waals surface area contributed by atoms with Gasteiger partial charge in [-0.15, -0.1) is 0 Å². The van der Waals surface area contributed by atoms with Gasteiger partial charge in [0.05, 0.1) is 19.9 Å². The SMILES string of the molecule is COC(=O)[C@]12CCCCC=C1N(Cc1ccco1)C(=O)[C@H](CC(=O)N1CCCCC1)C2. The van der Waals surface area contributed by atoms with Crippen LogP contribution in [0.1, 0.15) is 63.5 Å². The summed E-state index contributed by atoms with van der Waals surface area (Å²) in [5, 5.41) is 0. The number of fused-ring (bicyclic) bond motifs is 1. The van der Waals surface area contributed by atoms with Crippen molar-refractivity contribution >= 4 is 17.8 Å². The van der Waals surface area contributed by atoms with Gasteiger partial charge in [0, 0.05) is 31.1 Å². The lowest BCUT2D eigenvalue weighted by atomic mass is 9.69. The van der Waals surface area contributed by atoms with Gasteiger partial charge < -0.3 is 19.0 Å². The highest BCUT2D eigenvalue weighted by Gasteiger charge is 2.54. The molecule has 0 N–H and O–H groups in total. The first-order valence-corrected chi connectivity index (χ1v) is 11.5. The van der Waals surface area contributed by atoms with Gasteiger partial charge in [-0.1, -0.05) is 12.5 Å². The maximum absolute atomic E-state index is 13.6. The number of ether oxygens (including phenoxy) is 1. The van der Waals surface area contributed by atoms with E-state index in [0.717, 1.165) is 57.3 Å². The second kappa shape index (κ2) is 9.28. The van der Waals surface area contributed by atoms with Gasteiger partial charge in [-0.3, -0.25) is 14.4 Å². The van der Waals surface area contributed by atoms with Gasteiger partial charge in [0.2, 0.25) is 11.8 Å². The van der Waals surface area contributed by atoms with Gasteiger partial charge in [-0.2, -0.15) is 0 Å². The van der Waals surface area contributed by atoms with E-state index in [1.807, 2.05) is 17.0 Å². The average molecular weight is 429 g/mol. The summed E-state index contributed by atoms with van der Waals surface area (Å²) in [7, 11) is 1.40. The van der Waals surface area contributed by atoms with Gasteiger partial charge >= 0.3 is 5.97 Å². The molecule has 7 heteroatoms. The lowest BCUT2D eigenvalue weighted by molar-refractivity contribution is -0.160. The van der Waals surface area contributed by atoms with E-state index in [-0.39, 0.29) is 30.7 Å². The Morgan fingerprint density at radius 3 is 2.71 bits per heavy atom. The number of hydrogen-bond donors (Lipinski definition) is 0. The van der Waals surface area contributed by atoms with Crippen molar-refractivity contribution in [2.75, 3.05) is 20.2 Å². The number of esters is 1. The normalized spacial score (nSPS) is 26.7. The number of carbonyl (C=O) groups is 3. The number of methoxy groups -OCH3 is 1. The molecule has 0 bridgehead atoms. The van der Waals surface area contributed by atoms with Crippen LogP contribution in [0.3, 0.4) is 0 Å². The largest absolute Gasteiger partial charge is 0.468 e. The summed E-state index contributed by atoms with van der Waals surface area (Å²) < 4.78 is 10.8. The monoisotopic (exact) mass is 428 g/mol. The minimum atomic E-state index is -0.890. The summed E-state index contributed by atoms with van der Waals surface area (Å²) in [6, 6.07) is 3.61. The molecular formula is C24H32N2O5. The van der Waals surface area contributed by atoms with Crippen LogP contribution in [-0.2, 0) is 25.7 Å². The van der Waals surface area contributed by atoms with Crippen molar-refractivity contribution in [2.45, 2.75) is 64.3 Å². The zero-order valence-corrected chi connectivity index (χ0v) is 18.3. The van der Waals surface area contributed by atoms with E-state index in [2.05, 4.69) is 0 Å². The number of rotatable bonds is 5. The van der Waals surface area contributed by atoms with Gasteiger partial charge in [0.25, 0.3) is 0 Å². The fourth-order valence-electron chi connectivity index (χ4n) is 5.41. The molecule has 0 spiro atoms. The van der Waals surface area contributed by atoms with Crippen LogP contribution < -0.4 is 0 Å². The molecule has 3 heterocycles. The van der Waals surface area contributed by atoms with Crippen molar-refractivity contribution in [3.63, 3.8) is 0 Å². The Hall–Kier alpha value is -2.57. The molecule has 4 rings (SSSR count). The van der Waals surface area contributed by atoms with Crippen LogP contribution in [0.2, 0.25) is 0 Å². The van der Waals surface area contributed by atoms with E-state index in [9.17, 15) is 14.4 Å². The molecule has 31 heavy (non-hydrogen) atoms. The van der Waals surface area contributed by atoms with Crippen molar-refractivity contribution < 1.29 is 23.5 Å². The third-order valence-electron chi connectivity index (χ3n) is 6.99. The molecule has 168 valence electrons. The highest BCUT2D eigenvalue weighted by Crippen LogP contribution is 2.49. The zero-order chi connectivity index (χ0) is 21.8. The fourth-order valence-corrected chi connectivity index (χ4v) is 5.41. The summed E-state index contributed by atoms with van der Waals surface area (Å²) in [5.41, 5.74) is -0.168. The number of nitrogens with zero attached hydrogens (tertiary/aromatic N) is 2. The van der Waals surface area contributed by atoms with E-state index in [1.165, 1.54) is 7.11 Å². The lowest BCUT2D eigenvalue weighted by Crippen LogP contribution is -2.53. The van der Waals surface area contributed by atoms with Gasteiger partial charge in [-0.25, -0.2) is 0 Å². The van der Waals surface area contributed by atoms with Gasteiger partial charge in [-0.05, 0) is 57.1 Å². The minimum Gasteiger partial charge on any atom is -0.468 e. The van der Waals surface area contributed by atoms with Crippen molar-refractivity contribution in [3.05, 3.63) is 35.9 Å². The van der Waals surface area contributed by atoms with Crippen LogP contribution in [0.5, 0.6) is 0 Å². The first kappa shape index (κ1) is 21.7. The maximum Gasteiger partial charge on any atom is 0.317 e. The van der Waals surface area contributed by atoms with Gasteiger partial charge in [0.15, 0.2) is 0 Å². The van der Waals surface area contributed by atoms with Crippen molar-refractivity contribution in [1.82, 2.24) is 9.80 Å². The molecule has 2 amide bonds. The molecule has 2 saturated heterocycles. The van der Waals surface area contributed by atoms with Crippen molar-refractivity contribution in [1.29, 1.82) is 0 Å². The standard InChI is InChI=1S/C24H32N2O5/c1-30-23(29)24-11-5-2-4-10-20(24)26(17-19-9-8-14-31-19)22(28)18(16-24)15-21(27)25-12-6-3-7-13-25/h8-10,14,18H,2-7,11-13,15-17H2,1H3/t18-,24+/m1/s1. The van der Waals surface area contributed by atoms with E-state index in [4.69, 9.17) is 9.15 Å². The molecular weight excluding hydrogens is 396 g/mol. The topological polar surface area (TPSA) is 80.1 Å². The summed E-state index contributed by atoms with van der Waals surface area (Å²) in [6.45, 7) is 1.76. The molecule has 2 aliphatic heterocycles. The Bertz CT molecular complexity index is 840. The first-order valence-electron chi connectivity index (χ1n) is 11.5. The molecule has 0 radical (unpaired) electrons. The predicted octanol–water partition coefficient (Wildman–Crippen LogP) is 3.65. The van der Waals surface area contributed by atoms with Crippen LogP contribution in [0.15, 0.2) is 34.6 Å². The highest BCUT2D eigenvalue weighted by molar-refractivity contribution is 5.92. The third kappa shape index (κ3) is 4.27. The van der Waals surface area contributed by atoms with E-state index in [0.29, 0.717) is 18.6 Å². The van der Waals surface area contributed by atoms with Crippen LogP contribution in [0, 0.1) is 11.3 Å². The zero-order valence-electron chi connectivity index (χ0n) is 18.3. The second-order valence-electron chi connectivity index (χ2n) is 8.96. The number of likely N-dealkylation sites (tertiary alicyclic amines) is 2. The van der Waals surface area contributed by atoms with E-state index < -0.39 is 11.3 Å². The van der Waals surface area contributed by atoms with Gasteiger partial charge in [0.1, 0.15) is 11.2 Å². The Balaban J connectivity index is 1.66. The molecule has 1 aromatic heterocycles. The maximum atomic E-state index is 13.6. The van der Waals surface area contributed by atoms with Crippen molar-refractivity contribution in [3.8, 4) is 0 Å². The number of amides is 2. The molecule has 0 aromatic carbocycles. The number of hydrogen-bond acceptors (Lipinski definition) is 5. The first-order chi connectivity index (χ1) is 15.0. The molecule has 0 unspecified atom stereocenters. The summed E-state index contributed by atoms with van der Waals surface area (Å²) in [6.07, 6.45) is 10.5. The minimum absolute atomic E-state index is 0.0112. The summed E-state index contributed by atoms with van der Waals surface area (Å²) in [5.74, 6) is -0.293. The Labute approximate surface area is 183 Å². The molecule has 7 nitrogen and oxygen atoms in total. The number of furan rings is 1. The highest BCUT2D eigenvalue weighted by atomic mass is 16.5. The fraction of sp³-hybridized carbons (Fsp3) is 0.625. The van der Waals surface area contributed by atoms with E-state index >= 15 is 0 Å². The smallest absolute Gasteiger partial charge is 0.317 e. The lowest BCUT2D eigenvalue weighted by Gasteiger charge is -2.46. The predicted molar refractivity (Wildman–Crippen MR) is 113 cm³/mol. The second-order valence-corrected chi connectivity index (χ2v) is 8.96. The van der Waals surface area contributed by atoms with Crippen LogP contribution >= 0.6 is 0 Å². The molecule has 2 atom stereocenters. The Kier molecular flexibility index (Phi) is 6.49. The quantitative estimate of drug-likeness (QED) is 0.669. The van der Waals surface area contributed by atoms with Crippen molar-refractivity contribution in [2.24, 2.45) is 11.3 Å². The summed E-state index contributed by atoms with van der Waals surface area (Å²) in [4.78, 5) is 43.3. The number of piperidine rings is 2. The third-order valence-corrected chi connectivity index (χ3v) is 6.99. The van der Waals surface area contributed by atoms with Crippen LogP contribution in [0.4, 0.5) is 0 Å². The molecule has 1 aliphatic carbocycles. The van der Waals surface area contributed by atoms with Crippen LogP contribution in [0.25, 0.3) is 0 Å². The molecule has 2 fully saturated rings. The molecule has 3 aliphatic rings. The Morgan fingerprint density at radius 1 is 1.19 bits per heavy atom.